The van der Waals surface area contributed by atoms with Gasteiger partial charge >= 0.3 is 11.9 Å². The molecule has 0 amide bonds. The summed E-state index contributed by atoms with van der Waals surface area (Å²) < 4.78 is 40.0. The fourth-order valence-electron chi connectivity index (χ4n) is 3.63. The van der Waals surface area contributed by atoms with Gasteiger partial charge in [0.25, 0.3) is 0 Å². The number of hydrogen-bond acceptors (Lipinski definition) is 4. The van der Waals surface area contributed by atoms with Crippen molar-refractivity contribution in [2.24, 2.45) is 5.92 Å². The Kier molecular flexibility index (Phi) is 5.29. The molecule has 0 atom stereocenters. The standard InChI is InChI=1S/C18H20F3N3O2/c19-18(20,21)17-16(24(25)26)15(13-8-4-5-9-14(13)23-17)22-11-10-12-6-2-1-3-7-12/h4-5,8-9,12H,1-3,6-7,10-11H2,(H,22,23). The van der Waals surface area contributed by atoms with Gasteiger partial charge in [-0.25, -0.2) is 4.98 Å². The van der Waals surface area contributed by atoms with Gasteiger partial charge in [0.1, 0.15) is 5.69 Å². The molecule has 0 aliphatic heterocycles. The largest absolute Gasteiger partial charge is 0.440 e. The normalized spacial score (nSPS) is 16.0. The van der Waals surface area contributed by atoms with Gasteiger partial charge in [-0.15, -0.1) is 0 Å². The number of nitrogens with one attached hydrogen (secondary N) is 1. The molecule has 0 unspecified atom stereocenters. The van der Waals surface area contributed by atoms with E-state index in [0.29, 0.717) is 17.8 Å². The first-order chi connectivity index (χ1) is 12.4. The lowest BCUT2D eigenvalue weighted by Gasteiger charge is -2.22. The number of benzene rings is 1. The maximum absolute atomic E-state index is 13.3. The fraction of sp³-hybridized carbons (Fsp3) is 0.500. The van der Waals surface area contributed by atoms with E-state index in [1.807, 2.05) is 0 Å². The highest BCUT2D eigenvalue weighted by molar-refractivity contribution is 5.96. The molecule has 26 heavy (non-hydrogen) atoms. The molecule has 8 heteroatoms. The van der Waals surface area contributed by atoms with Gasteiger partial charge in [-0.1, -0.05) is 50.3 Å². The maximum atomic E-state index is 13.3. The molecule has 0 radical (unpaired) electrons. The lowest BCUT2D eigenvalue weighted by atomic mass is 9.87. The molecule has 3 rings (SSSR count). The lowest BCUT2D eigenvalue weighted by Crippen LogP contribution is -2.16. The van der Waals surface area contributed by atoms with E-state index in [4.69, 9.17) is 0 Å². The molecule has 2 aromatic rings. The van der Waals surface area contributed by atoms with Crippen molar-refractivity contribution in [1.29, 1.82) is 0 Å². The summed E-state index contributed by atoms with van der Waals surface area (Å²) in [6.07, 6.45) is 1.66. The number of rotatable bonds is 5. The molecule has 1 saturated carbocycles. The Morgan fingerprint density at radius 3 is 2.54 bits per heavy atom. The first-order valence-corrected chi connectivity index (χ1v) is 8.76. The Hall–Kier alpha value is -2.38. The molecule has 1 aliphatic rings. The van der Waals surface area contributed by atoms with Gasteiger partial charge in [0.05, 0.1) is 10.4 Å². The minimum Gasteiger partial charge on any atom is -0.379 e. The molecule has 0 saturated heterocycles. The van der Waals surface area contributed by atoms with E-state index >= 15 is 0 Å². The predicted octanol–water partition coefficient (Wildman–Crippen LogP) is 5.54. The van der Waals surface area contributed by atoms with Crippen LogP contribution in [0.5, 0.6) is 0 Å². The van der Waals surface area contributed by atoms with Crippen LogP contribution in [0.3, 0.4) is 0 Å². The average molecular weight is 367 g/mol. The summed E-state index contributed by atoms with van der Waals surface area (Å²) in [5.41, 5.74) is -2.46. The number of pyridine rings is 1. The van der Waals surface area contributed by atoms with Crippen molar-refractivity contribution < 1.29 is 18.1 Å². The number of alkyl halides is 3. The van der Waals surface area contributed by atoms with E-state index in [1.54, 1.807) is 18.2 Å². The highest BCUT2D eigenvalue weighted by Crippen LogP contribution is 2.42. The molecule has 0 bridgehead atoms. The molecule has 140 valence electrons. The maximum Gasteiger partial charge on any atom is 0.440 e. The van der Waals surface area contributed by atoms with Gasteiger partial charge in [0.15, 0.2) is 0 Å². The third kappa shape index (κ3) is 3.89. The van der Waals surface area contributed by atoms with E-state index < -0.39 is 22.5 Å². The van der Waals surface area contributed by atoms with Crippen LogP contribution in [0.4, 0.5) is 24.5 Å². The van der Waals surface area contributed by atoms with Gasteiger partial charge in [0.2, 0.25) is 5.69 Å². The highest BCUT2D eigenvalue weighted by Gasteiger charge is 2.43. The Balaban J connectivity index is 1.97. The van der Waals surface area contributed by atoms with Crippen molar-refractivity contribution in [3.05, 3.63) is 40.1 Å². The van der Waals surface area contributed by atoms with Crippen molar-refractivity contribution in [3.63, 3.8) is 0 Å². The molecule has 1 fully saturated rings. The van der Waals surface area contributed by atoms with E-state index in [2.05, 4.69) is 10.3 Å². The van der Waals surface area contributed by atoms with Crippen LogP contribution in [0.1, 0.15) is 44.2 Å². The second-order valence-electron chi connectivity index (χ2n) is 6.68. The predicted molar refractivity (Wildman–Crippen MR) is 93.1 cm³/mol. The third-order valence-electron chi connectivity index (χ3n) is 4.90. The average Bonchev–Trinajstić information content (AvgIpc) is 2.61. The molecule has 1 aliphatic carbocycles. The van der Waals surface area contributed by atoms with Gasteiger partial charge in [-0.2, -0.15) is 13.2 Å². The van der Waals surface area contributed by atoms with Crippen molar-refractivity contribution >= 4 is 22.3 Å². The molecule has 0 spiro atoms. The zero-order chi connectivity index (χ0) is 18.7. The Labute approximate surface area is 148 Å². The molecule has 1 aromatic heterocycles. The quantitative estimate of drug-likeness (QED) is 0.556. The van der Waals surface area contributed by atoms with Gasteiger partial charge in [-0.3, -0.25) is 10.1 Å². The van der Waals surface area contributed by atoms with Crippen LogP contribution >= 0.6 is 0 Å². The van der Waals surface area contributed by atoms with Crippen LogP contribution in [-0.4, -0.2) is 16.5 Å². The number of aromatic nitrogens is 1. The number of halogens is 3. The Morgan fingerprint density at radius 2 is 1.88 bits per heavy atom. The van der Waals surface area contributed by atoms with Gasteiger partial charge in [-0.05, 0) is 18.4 Å². The van der Waals surface area contributed by atoms with Crippen molar-refractivity contribution in [2.75, 3.05) is 11.9 Å². The smallest absolute Gasteiger partial charge is 0.379 e. The first kappa shape index (κ1) is 18.4. The molecular weight excluding hydrogens is 347 g/mol. The molecular formula is C18H20F3N3O2. The molecule has 5 nitrogen and oxygen atoms in total. The number of para-hydroxylation sites is 1. The first-order valence-electron chi connectivity index (χ1n) is 8.76. The van der Waals surface area contributed by atoms with Crippen LogP contribution in [0.2, 0.25) is 0 Å². The fourth-order valence-corrected chi connectivity index (χ4v) is 3.63. The monoisotopic (exact) mass is 367 g/mol. The topological polar surface area (TPSA) is 68.1 Å². The summed E-state index contributed by atoms with van der Waals surface area (Å²) in [5.74, 6) is 0.519. The van der Waals surface area contributed by atoms with E-state index in [0.717, 1.165) is 19.3 Å². The Morgan fingerprint density at radius 1 is 1.19 bits per heavy atom. The number of anilines is 1. The van der Waals surface area contributed by atoms with Crippen LogP contribution in [-0.2, 0) is 6.18 Å². The molecule has 1 N–H and O–H groups in total. The third-order valence-corrected chi connectivity index (χ3v) is 4.90. The van der Waals surface area contributed by atoms with Gasteiger partial charge < -0.3 is 5.32 Å². The SMILES string of the molecule is O=[N+]([O-])c1c(C(F)(F)F)nc2ccccc2c1NCCC1CCCCC1. The van der Waals surface area contributed by atoms with Crippen LogP contribution in [0.25, 0.3) is 10.9 Å². The summed E-state index contributed by atoms with van der Waals surface area (Å²) in [6, 6.07) is 6.18. The minimum absolute atomic E-state index is 0.0885. The summed E-state index contributed by atoms with van der Waals surface area (Å²) in [4.78, 5) is 13.9. The van der Waals surface area contributed by atoms with Crippen molar-refractivity contribution in [1.82, 2.24) is 4.98 Å². The van der Waals surface area contributed by atoms with Crippen LogP contribution in [0.15, 0.2) is 24.3 Å². The number of nitro groups is 1. The van der Waals surface area contributed by atoms with Crippen LogP contribution in [0, 0.1) is 16.0 Å². The number of hydrogen-bond donors (Lipinski definition) is 1. The lowest BCUT2D eigenvalue weighted by molar-refractivity contribution is -0.387. The second kappa shape index (κ2) is 7.47. The summed E-state index contributed by atoms with van der Waals surface area (Å²) in [6.45, 7) is 0.400. The van der Waals surface area contributed by atoms with E-state index in [1.165, 1.54) is 25.3 Å². The minimum atomic E-state index is -4.90. The van der Waals surface area contributed by atoms with Crippen molar-refractivity contribution in [2.45, 2.75) is 44.7 Å². The van der Waals surface area contributed by atoms with Crippen LogP contribution < -0.4 is 5.32 Å². The molecule has 1 heterocycles. The summed E-state index contributed by atoms with van der Waals surface area (Å²) in [5, 5.41) is 14.7. The summed E-state index contributed by atoms with van der Waals surface area (Å²) >= 11 is 0. The number of nitrogens with zero attached hydrogens (tertiary/aromatic N) is 2. The van der Waals surface area contributed by atoms with E-state index in [9.17, 15) is 23.3 Å². The van der Waals surface area contributed by atoms with E-state index in [-0.39, 0.29) is 11.2 Å². The highest BCUT2D eigenvalue weighted by atomic mass is 19.4. The zero-order valence-electron chi connectivity index (χ0n) is 14.2. The second-order valence-corrected chi connectivity index (χ2v) is 6.68. The zero-order valence-corrected chi connectivity index (χ0v) is 14.2. The van der Waals surface area contributed by atoms with Crippen molar-refractivity contribution in [3.8, 4) is 0 Å². The molecule has 1 aromatic carbocycles. The number of fused-ring (bicyclic) bond motifs is 1. The Bertz CT molecular complexity index is 802. The summed E-state index contributed by atoms with van der Waals surface area (Å²) in [7, 11) is 0. The van der Waals surface area contributed by atoms with Gasteiger partial charge in [0, 0.05) is 11.9 Å².